The van der Waals surface area contributed by atoms with E-state index in [9.17, 15) is 0 Å². The van der Waals surface area contributed by atoms with Crippen molar-refractivity contribution in [2.75, 3.05) is 17.7 Å². The van der Waals surface area contributed by atoms with Crippen molar-refractivity contribution >= 4 is 40.1 Å². The maximum Gasteiger partial charge on any atom is 0.187 e. The molecule has 0 unspecified atom stereocenters. The van der Waals surface area contributed by atoms with Gasteiger partial charge in [-0.05, 0) is 30.7 Å². The summed E-state index contributed by atoms with van der Waals surface area (Å²) in [6.07, 6.45) is 4.70. The van der Waals surface area contributed by atoms with Crippen LogP contribution in [0.2, 0.25) is 0 Å². The molecule has 9 nitrogen and oxygen atoms in total. The highest BCUT2D eigenvalue weighted by atomic mass is 16.6. The van der Waals surface area contributed by atoms with Gasteiger partial charge in [-0.25, -0.2) is 14.8 Å². The summed E-state index contributed by atoms with van der Waals surface area (Å²) < 4.78 is 1.91. The fraction of sp³-hybridized carbons (Fsp3) is 0.136. The molecular weight excluding hydrogens is 392 g/mol. The summed E-state index contributed by atoms with van der Waals surface area (Å²) in [6.45, 7) is 10.1. The molecule has 0 radical (unpaired) electrons. The quantitative estimate of drug-likeness (QED) is 0.269. The topological polar surface area (TPSA) is 108 Å². The van der Waals surface area contributed by atoms with Gasteiger partial charge in [0, 0.05) is 11.1 Å². The molecule has 0 fully saturated rings. The van der Waals surface area contributed by atoms with E-state index in [0.717, 1.165) is 22.2 Å². The average Bonchev–Trinajstić information content (AvgIpc) is 3.18. The van der Waals surface area contributed by atoms with E-state index in [0.29, 0.717) is 36.0 Å². The highest BCUT2D eigenvalue weighted by molar-refractivity contribution is 5.93. The van der Waals surface area contributed by atoms with Crippen molar-refractivity contribution in [1.82, 2.24) is 19.7 Å². The Kier molecular flexibility index (Phi) is 5.71. The third-order valence-electron chi connectivity index (χ3n) is 4.58. The lowest BCUT2D eigenvalue weighted by molar-refractivity contribution is 0.160. The maximum absolute atomic E-state index is 7.18. The van der Waals surface area contributed by atoms with Crippen LogP contribution in [0.5, 0.6) is 0 Å². The highest BCUT2D eigenvalue weighted by Gasteiger charge is 2.10. The fourth-order valence-corrected chi connectivity index (χ4v) is 3.13. The first kappa shape index (κ1) is 19.8. The number of fused-ring (bicyclic) bond motifs is 1. The van der Waals surface area contributed by atoms with Crippen molar-refractivity contribution in [1.29, 1.82) is 0 Å². The Bertz CT molecular complexity index is 1290. The second-order valence-corrected chi connectivity index (χ2v) is 6.66. The Morgan fingerprint density at radius 2 is 2.16 bits per heavy atom. The normalized spacial score (nSPS) is 11.0. The molecule has 0 aliphatic heterocycles. The monoisotopic (exact) mass is 412 g/mol. The van der Waals surface area contributed by atoms with Crippen LogP contribution in [-0.2, 0) is 11.4 Å². The Labute approximate surface area is 179 Å². The molecule has 2 heterocycles. The van der Waals surface area contributed by atoms with Crippen molar-refractivity contribution < 1.29 is 4.84 Å². The predicted octanol–water partition coefficient (Wildman–Crippen LogP) is 4.12. The highest BCUT2D eigenvalue weighted by Crippen LogP contribution is 2.25. The number of rotatable bonds is 7. The fourth-order valence-electron chi connectivity index (χ4n) is 3.13. The zero-order valence-electron chi connectivity index (χ0n) is 16.9. The number of hydrogen-bond acceptors (Lipinski definition) is 7. The van der Waals surface area contributed by atoms with Crippen LogP contribution >= 0.6 is 0 Å². The van der Waals surface area contributed by atoms with E-state index in [4.69, 9.17) is 17.1 Å². The minimum Gasteiger partial charge on any atom is -0.396 e. The summed E-state index contributed by atoms with van der Waals surface area (Å²) in [5.41, 5.74) is 9.98. The van der Waals surface area contributed by atoms with Gasteiger partial charge in [0.15, 0.2) is 5.69 Å². The van der Waals surface area contributed by atoms with Crippen molar-refractivity contribution in [3.8, 4) is 0 Å². The number of hydrogen-bond donors (Lipinski definition) is 2. The van der Waals surface area contributed by atoms with Crippen LogP contribution in [-0.4, -0.2) is 32.6 Å². The van der Waals surface area contributed by atoms with Crippen LogP contribution in [0.4, 0.5) is 23.0 Å². The number of nitrogens with two attached hydrogens (primary N) is 1. The van der Waals surface area contributed by atoms with Gasteiger partial charge >= 0.3 is 0 Å². The van der Waals surface area contributed by atoms with Gasteiger partial charge in [-0.3, -0.25) is 4.68 Å². The van der Waals surface area contributed by atoms with E-state index in [1.54, 1.807) is 6.07 Å². The maximum atomic E-state index is 7.18. The molecule has 3 N–H and O–H groups in total. The lowest BCUT2D eigenvalue weighted by Gasteiger charge is -2.10. The van der Waals surface area contributed by atoms with Crippen LogP contribution in [0.25, 0.3) is 15.7 Å². The molecule has 2 aromatic carbocycles. The summed E-state index contributed by atoms with van der Waals surface area (Å²) in [4.78, 5) is 16.8. The van der Waals surface area contributed by atoms with Gasteiger partial charge in [-0.1, -0.05) is 29.4 Å². The van der Waals surface area contributed by atoms with Crippen molar-refractivity contribution in [2.24, 2.45) is 5.16 Å². The van der Waals surface area contributed by atoms with Crippen LogP contribution in [0.3, 0.4) is 0 Å². The molecule has 0 amide bonds. The predicted molar refractivity (Wildman–Crippen MR) is 120 cm³/mol. The lowest BCUT2D eigenvalue weighted by atomic mass is 10.2. The van der Waals surface area contributed by atoms with Crippen molar-refractivity contribution in [2.45, 2.75) is 13.5 Å². The molecule has 0 bridgehead atoms. The van der Waals surface area contributed by atoms with Crippen LogP contribution < -0.4 is 11.1 Å². The minimum atomic E-state index is 0.302. The Hall–Kier alpha value is -4.45. The van der Waals surface area contributed by atoms with E-state index in [1.807, 2.05) is 54.2 Å². The number of oxime groups is 1. The first-order valence-corrected chi connectivity index (χ1v) is 9.62. The number of aromatic nitrogens is 4. The standard InChI is InChI=1S/C22H20N8O/c1-3-31-28-12-19-21(23)25-14-26-22(19)29-18-7-8-20-16(10-18)11-27-30(20)13-15-5-4-6-17(9-15)24-2/h4-12,14H,3,13H2,1H3,(H3,23,25,26,29). The number of anilines is 3. The van der Waals surface area contributed by atoms with Gasteiger partial charge < -0.3 is 15.9 Å². The van der Waals surface area contributed by atoms with E-state index in [1.165, 1.54) is 12.5 Å². The first-order valence-electron chi connectivity index (χ1n) is 9.62. The summed E-state index contributed by atoms with van der Waals surface area (Å²) in [7, 11) is 0. The Balaban J connectivity index is 1.59. The molecular formula is C22H20N8O. The molecule has 4 aromatic rings. The van der Waals surface area contributed by atoms with Crippen LogP contribution in [0.1, 0.15) is 18.1 Å². The summed E-state index contributed by atoms with van der Waals surface area (Å²) in [5, 5.41) is 12.6. The number of benzene rings is 2. The van der Waals surface area contributed by atoms with Gasteiger partial charge in [-0.15, -0.1) is 0 Å². The summed E-state index contributed by atoms with van der Waals surface area (Å²) in [6, 6.07) is 13.5. The number of nitrogens with zero attached hydrogens (tertiary/aromatic N) is 6. The summed E-state index contributed by atoms with van der Waals surface area (Å²) in [5.74, 6) is 0.829. The van der Waals surface area contributed by atoms with Crippen molar-refractivity contribution in [3.63, 3.8) is 0 Å². The van der Waals surface area contributed by atoms with Crippen LogP contribution in [0.15, 0.2) is 60.1 Å². The molecule has 4 rings (SSSR count). The average molecular weight is 412 g/mol. The lowest BCUT2D eigenvalue weighted by Crippen LogP contribution is -2.05. The molecule has 31 heavy (non-hydrogen) atoms. The van der Waals surface area contributed by atoms with Gasteiger partial charge in [0.25, 0.3) is 0 Å². The second-order valence-electron chi connectivity index (χ2n) is 6.66. The molecule has 0 aliphatic rings. The third-order valence-corrected chi connectivity index (χ3v) is 4.58. The van der Waals surface area contributed by atoms with E-state index >= 15 is 0 Å². The molecule has 154 valence electrons. The van der Waals surface area contributed by atoms with Crippen LogP contribution in [0, 0.1) is 6.57 Å². The molecule has 0 atom stereocenters. The number of nitrogens with one attached hydrogen (secondary N) is 1. The smallest absolute Gasteiger partial charge is 0.187 e. The Morgan fingerprint density at radius 3 is 3.00 bits per heavy atom. The zero-order chi connectivity index (χ0) is 21.6. The van der Waals surface area contributed by atoms with E-state index in [-0.39, 0.29) is 0 Å². The molecule has 0 aliphatic carbocycles. The van der Waals surface area contributed by atoms with Gasteiger partial charge in [0.2, 0.25) is 0 Å². The molecule has 0 saturated heterocycles. The first-order chi connectivity index (χ1) is 15.2. The van der Waals surface area contributed by atoms with Crippen molar-refractivity contribution in [3.05, 3.63) is 77.5 Å². The SMILES string of the molecule is [C-]#[N+]c1cccc(Cn2ncc3cc(Nc4ncnc(N)c4C=NOCC)ccc32)c1. The summed E-state index contributed by atoms with van der Waals surface area (Å²) >= 11 is 0. The number of nitrogen functional groups attached to an aromatic ring is 1. The van der Waals surface area contributed by atoms with E-state index < -0.39 is 0 Å². The third kappa shape index (κ3) is 4.43. The second kappa shape index (κ2) is 8.92. The Morgan fingerprint density at radius 1 is 1.26 bits per heavy atom. The largest absolute Gasteiger partial charge is 0.396 e. The molecule has 0 spiro atoms. The molecule has 9 heteroatoms. The van der Waals surface area contributed by atoms with Gasteiger partial charge in [-0.2, -0.15) is 5.10 Å². The van der Waals surface area contributed by atoms with Gasteiger partial charge in [0.1, 0.15) is 24.6 Å². The van der Waals surface area contributed by atoms with Gasteiger partial charge in [0.05, 0.1) is 36.6 Å². The zero-order valence-corrected chi connectivity index (χ0v) is 16.9. The minimum absolute atomic E-state index is 0.302. The molecule has 0 saturated carbocycles. The van der Waals surface area contributed by atoms with E-state index in [2.05, 4.69) is 30.4 Å². The molecule has 2 aromatic heterocycles.